The average Bonchev–Trinajstić information content (AvgIpc) is 3.17. The molecule has 102 valence electrons. The maximum atomic E-state index is 4.39. The highest BCUT2D eigenvalue weighted by Gasteiger charge is 2.08. The second-order valence-electron chi connectivity index (χ2n) is 4.60. The lowest BCUT2D eigenvalue weighted by Gasteiger charge is -2.09. The fraction of sp³-hybridized carbons (Fsp3) is 0.200. The van der Waals surface area contributed by atoms with Gasteiger partial charge in [-0.3, -0.25) is 0 Å². The molecular weight excluding hydrogens is 268 g/mol. The van der Waals surface area contributed by atoms with Crippen LogP contribution in [-0.2, 0) is 6.54 Å². The van der Waals surface area contributed by atoms with Crippen molar-refractivity contribution in [2.24, 2.45) is 0 Å². The lowest BCUT2D eigenvalue weighted by atomic mass is 10.3. The fourth-order valence-corrected chi connectivity index (χ4v) is 2.65. The van der Waals surface area contributed by atoms with E-state index < -0.39 is 0 Å². The first-order chi connectivity index (χ1) is 9.83. The Balaban J connectivity index is 1.63. The molecule has 2 aromatic heterocycles. The summed E-state index contributed by atoms with van der Waals surface area (Å²) >= 11 is 1.67. The number of hydrogen-bond acceptors (Lipinski definition) is 4. The summed E-state index contributed by atoms with van der Waals surface area (Å²) in [6, 6.07) is 10.4. The van der Waals surface area contributed by atoms with Crippen LogP contribution in [0.1, 0.15) is 23.5 Å². The monoisotopic (exact) mass is 284 g/mol. The van der Waals surface area contributed by atoms with Crippen molar-refractivity contribution in [3.05, 3.63) is 64.9 Å². The van der Waals surface area contributed by atoms with E-state index in [-0.39, 0.29) is 6.04 Å². The summed E-state index contributed by atoms with van der Waals surface area (Å²) in [5, 5.41) is 11.0. The van der Waals surface area contributed by atoms with Crippen LogP contribution < -0.4 is 5.32 Å². The molecule has 0 saturated heterocycles. The van der Waals surface area contributed by atoms with Gasteiger partial charge in [0, 0.05) is 29.9 Å². The first kappa shape index (κ1) is 13.0. The van der Waals surface area contributed by atoms with Crippen molar-refractivity contribution >= 4 is 11.3 Å². The normalized spacial score (nSPS) is 12.4. The molecule has 4 nitrogen and oxygen atoms in total. The molecule has 0 spiro atoms. The van der Waals surface area contributed by atoms with Crippen molar-refractivity contribution in [1.82, 2.24) is 20.1 Å². The van der Waals surface area contributed by atoms with Gasteiger partial charge in [-0.25, -0.2) is 9.67 Å². The summed E-state index contributed by atoms with van der Waals surface area (Å²) in [5.41, 5.74) is 2.24. The molecule has 1 N–H and O–H groups in total. The number of thiazole rings is 1. The highest BCUT2D eigenvalue weighted by molar-refractivity contribution is 7.09. The third-order valence-corrected chi connectivity index (χ3v) is 4.05. The molecule has 3 rings (SSSR count). The highest BCUT2D eigenvalue weighted by atomic mass is 32.1. The van der Waals surface area contributed by atoms with Crippen LogP contribution in [0, 0.1) is 0 Å². The van der Waals surface area contributed by atoms with Gasteiger partial charge in [0.15, 0.2) is 0 Å². The standard InChI is InChI=1S/C15H16N4S/c1-12(15-16-7-8-20-15)17-9-13-10-18-19(11-13)14-5-3-2-4-6-14/h2-8,10-12,17H,9H2,1H3. The zero-order chi connectivity index (χ0) is 13.8. The molecule has 5 heteroatoms. The summed E-state index contributed by atoms with van der Waals surface area (Å²) in [5.74, 6) is 0. The van der Waals surface area contributed by atoms with Gasteiger partial charge < -0.3 is 5.32 Å². The van der Waals surface area contributed by atoms with Crippen LogP contribution in [0.15, 0.2) is 54.3 Å². The minimum Gasteiger partial charge on any atom is -0.304 e. The van der Waals surface area contributed by atoms with Gasteiger partial charge in [0.05, 0.1) is 17.9 Å². The van der Waals surface area contributed by atoms with E-state index >= 15 is 0 Å². The predicted molar refractivity (Wildman–Crippen MR) is 80.9 cm³/mol. The van der Waals surface area contributed by atoms with E-state index in [1.54, 1.807) is 11.3 Å². The van der Waals surface area contributed by atoms with Crippen LogP contribution in [0.2, 0.25) is 0 Å². The van der Waals surface area contributed by atoms with E-state index in [1.807, 2.05) is 52.8 Å². The molecule has 1 unspecified atom stereocenters. The molecule has 1 atom stereocenters. The fourth-order valence-electron chi connectivity index (χ4n) is 1.98. The third-order valence-electron chi connectivity index (χ3n) is 3.09. The summed E-state index contributed by atoms with van der Waals surface area (Å²) in [4.78, 5) is 4.32. The lowest BCUT2D eigenvalue weighted by Crippen LogP contribution is -2.17. The van der Waals surface area contributed by atoms with E-state index in [2.05, 4.69) is 28.5 Å². The van der Waals surface area contributed by atoms with Crippen molar-refractivity contribution in [1.29, 1.82) is 0 Å². The van der Waals surface area contributed by atoms with E-state index in [9.17, 15) is 0 Å². The lowest BCUT2D eigenvalue weighted by molar-refractivity contribution is 0.572. The van der Waals surface area contributed by atoms with Crippen LogP contribution >= 0.6 is 11.3 Å². The van der Waals surface area contributed by atoms with E-state index in [0.29, 0.717) is 0 Å². The Hall–Kier alpha value is -1.98. The SMILES string of the molecule is CC(NCc1cnn(-c2ccccc2)c1)c1nccs1. The number of aromatic nitrogens is 3. The molecule has 0 aliphatic heterocycles. The molecule has 0 saturated carbocycles. The third kappa shape index (κ3) is 2.95. The molecule has 3 aromatic rings. The van der Waals surface area contributed by atoms with Gasteiger partial charge >= 0.3 is 0 Å². The molecule has 0 aliphatic rings. The second-order valence-corrected chi connectivity index (χ2v) is 5.53. The Labute approximate surface area is 122 Å². The molecule has 2 heterocycles. The van der Waals surface area contributed by atoms with Crippen LogP contribution in [0.3, 0.4) is 0 Å². The number of para-hydroxylation sites is 1. The van der Waals surface area contributed by atoms with E-state index in [1.165, 1.54) is 0 Å². The molecule has 20 heavy (non-hydrogen) atoms. The Morgan fingerprint density at radius 3 is 2.90 bits per heavy atom. The summed E-state index contributed by atoms with van der Waals surface area (Å²) in [6.45, 7) is 2.91. The molecule has 0 fully saturated rings. The first-order valence-corrected chi connectivity index (χ1v) is 7.42. The summed E-state index contributed by atoms with van der Waals surface area (Å²) in [6.07, 6.45) is 5.79. The Morgan fingerprint density at radius 1 is 1.30 bits per heavy atom. The Bertz CT molecular complexity index is 646. The van der Waals surface area contributed by atoms with Crippen molar-refractivity contribution in [2.45, 2.75) is 19.5 Å². The van der Waals surface area contributed by atoms with E-state index in [4.69, 9.17) is 0 Å². The van der Waals surface area contributed by atoms with Gasteiger partial charge in [-0.2, -0.15) is 5.10 Å². The number of benzene rings is 1. The van der Waals surface area contributed by atoms with Gasteiger partial charge in [0.1, 0.15) is 5.01 Å². The van der Waals surface area contributed by atoms with Crippen LogP contribution in [-0.4, -0.2) is 14.8 Å². The van der Waals surface area contributed by atoms with Crippen molar-refractivity contribution < 1.29 is 0 Å². The number of hydrogen-bond donors (Lipinski definition) is 1. The number of nitrogens with zero attached hydrogens (tertiary/aromatic N) is 3. The van der Waals surface area contributed by atoms with Crippen LogP contribution in [0.4, 0.5) is 0 Å². The highest BCUT2D eigenvalue weighted by Crippen LogP contribution is 2.15. The quantitative estimate of drug-likeness (QED) is 0.782. The summed E-state index contributed by atoms with van der Waals surface area (Å²) in [7, 11) is 0. The Morgan fingerprint density at radius 2 is 2.15 bits per heavy atom. The average molecular weight is 284 g/mol. The predicted octanol–water partition coefficient (Wildman–Crippen LogP) is 3.18. The number of rotatable bonds is 5. The van der Waals surface area contributed by atoms with Gasteiger partial charge in [0.2, 0.25) is 0 Å². The van der Waals surface area contributed by atoms with Gasteiger partial charge in [-0.1, -0.05) is 18.2 Å². The molecule has 1 aromatic carbocycles. The smallest absolute Gasteiger partial charge is 0.109 e. The summed E-state index contributed by atoms with van der Waals surface area (Å²) < 4.78 is 1.89. The minimum atomic E-state index is 0.259. The van der Waals surface area contributed by atoms with Crippen LogP contribution in [0.25, 0.3) is 5.69 Å². The topological polar surface area (TPSA) is 42.7 Å². The Kier molecular flexibility index (Phi) is 3.90. The van der Waals surface area contributed by atoms with Gasteiger partial charge in [-0.05, 0) is 19.1 Å². The molecular formula is C15H16N4S. The zero-order valence-electron chi connectivity index (χ0n) is 11.2. The molecule has 0 aliphatic carbocycles. The van der Waals surface area contributed by atoms with E-state index in [0.717, 1.165) is 22.8 Å². The molecule has 0 amide bonds. The molecule has 0 radical (unpaired) electrons. The maximum absolute atomic E-state index is 4.39. The van der Waals surface area contributed by atoms with Crippen LogP contribution in [0.5, 0.6) is 0 Å². The molecule has 0 bridgehead atoms. The first-order valence-electron chi connectivity index (χ1n) is 6.54. The largest absolute Gasteiger partial charge is 0.304 e. The minimum absolute atomic E-state index is 0.259. The second kappa shape index (κ2) is 5.98. The van der Waals surface area contributed by atoms with Crippen molar-refractivity contribution in [2.75, 3.05) is 0 Å². The number of nitrogens with one attached hydrogen (secondary N) is 1. The van der Waals surface area contributed by atoms with Gasteiger partial charge in [0.25, 0.3) is 0 Å². The van der Waals surface area contributed by atoms with Crippen molar-refractivity contribution in [3.8, 4) is 5.69 Å². The van der Waals surface area contributed by atoms with Crippen molar-refractivity contribution in [3.63, 3.8) is 0 Å². The maximum Gasteiger partial charge on any atom is 0.109 e. The van der Waals surface area contributed by atoms with Gasteiger partial charge in [-0.15, -0.1) is 11.3 Å². The zero-order valence-corrected chi connectivity index (χ0v) is 12.0.